The van der Waals surface area contributed by atoms with Gasteiger partial charge in [0.2, 0.25) is 5.91 Å². The van der Waals surface area contributed by atoms with Gasteiger partial charge < -0.3 is 5.73 Å². The maximum atomic E-state index is 13.2. The molecule has 0 saturated heterocycles. The largest absolute Gasteiger partial charge is 0.413 e. The van der Waals surface area contributed by atoms with Crippen LogP contribution in [0.25, 0.3) is 0 Å². The highest BCUT2D eigenvalue weighted by molar-refractivity contribution is 5.92. The predicted octanol–water partition coefficient (Wildman–Crippen LogP) is 1.51. The quantitative estimate of drug-likeness (QED) is 0.482. The summed E-state index contributed by atoms with van der Waals surface area (Å²) < 4.78 is 48.4. The Bertz CT molecular complexity index is 434. The average Bonchev–Trinajstić information content (AvgIpc) is 2.24. The zero-order valence-corrected chi connectivity index (χ0v) is 9.05. The van der Waals surface area contributed by atoms with Gasteiger partial charge in [-0.25, -0.2) is 4.39 Å². The van der Waals surface area contributed by atoms with Crippen LogP contribution in [0.4, 0.5) is 17.6 Å². The molecule has 0 heterocycles. The van der Waals surface area contributed by atoms with E-state index < -0.39 is 24.5 Å². The molecule has 0 aliphatic heterocycles. The number of hydrogen-bond donors (Lipinski definition) is 2. The van der Waals surface area contributed by atoms with Gasteiger partial charge in [0.15, 0.2) is 6.61 Å². The zero-order valence-electron chi connectivity index (χ0n) is 9.05. The highest BCUT2D eigenvalue weighted by Crippen LogP contribution is 2.14. The molecule has 0 saturated carbocycles. The van der Waals surface area contributed by atoms with E-state index in [2.05, 4.69) is 4.84 Å². The molecule has 18 heavy (non-hydrogen) atoms. The highest BCUT2D eigenvalue weighted by atomic mass is 19.4. The van der Waals surface area contributed by atoms with Crippen LogP contribution in [0.15, 0.2) is 18.2 Å². The lowest BCUT2D eigenvalue weighted by atomic mass is 10.1. The van der Waals surface area contributed by atoms with Crippen molar-refractivity contribution in [2.45, 2.75) is 12.7 Å². The molecule has 1 aromatic rings. The highest BCUT2D eigenvalue weighted by Gasteiger charge is 2.27. The smallest absolute Gasteiger partial charge is 0.366 e. The van der Waals surface area contributed by atoms with Gasteiger partial charge in [-0.05, 0) is 18.2 Å². The van der Waals surface area contributed by atoms with Gasteiger partial charge in [-0.1, -0.05) is 0 Å². The van der Waals surface area contributed by atoms with Gasteiger partial charge in [-0.2, -0.15) is 18.7 Å². The van der Waals surface area contributed by atoms with Gasteiger partial charge in [-0.15, -0.1) is 0 Å². The summed E-state index contributed by atoms with van der Waals surface area (Å²) >= 11 is 0. The number of nitrogens with two attached hydrogens (primary N) is 1. The van der Waals surface area contributed by atoms with Crippen molar-refractivity contribution in [2.75, 3.05) is 6.61 Å². The molecule has 1 aromatic carbocycles. The van der Waals surface area contributed by atoms with E-state index in [0.29, 0.717) is 0 Å². The average molecular weight is 266 g/mol. The second-order valence-electron chi connectivity index (χ2n) is 3.40. The Labute approximate surface area is 99.7 Å². The fraction of sp³-hybridized carbons (Fsp3) is 0.300. The molecular formula is C10H10F4N2O2. The number of nitrogens with one attached hydrogen (secondary N) is 1. The van der Waals surface area contributed by atoms with Crippen molar-refractivity contribution in [1.29, 1.82) is 0 Å². The number of halogens is 4. The van der Waals surface area contributed by atoms with E-state index >= 15 is 0 Å². The summed E-state index contributed by atoms with van der Waals surface area (Å²) in [5.41, 5.74) is 6.98. The SMILES string of the molecule is NC(=O)c1ccc(F)c(CNOCC(F)(F)F)c1. The molecule has 0 aliphatic carbocycles. The van der Waals surface area contributed by atoms with Crippen LogP contribution in [-0.2, 0) is 11.4 Å². The van der Waals surface area contributed by atoms with Crippen molar-refractivity contribution < 1.29 is 27.2 Å². The van der Waals surface area contributed by atoms with Crippen molar-refractivity contribution >= 4 is 5.91 Å². The van der Waals surface area contributed by atoms with Crippen molar-refractivity contribution in [3.8, 4) is 0 Å². The number of alkyl halides is 3. The third-order valence-corrected chi connectivity index (χ3v) is 1.93. The number of rotatable bonds is 5. The molecule has 1 amide bonds. The topological polar surface area (TPSA) is 64.4 Å². The van der Waals surface area contributed by atoms with E-state index in [4.69, 9.17) is 5.73 Å². The summed E-state index contributed by atoms with van der Waals surface area (Å²) in [6.07, 6.45) is -4.47. The van der Waals surface area contributed by atoms with Crippen molar-refractivity contribution in [3.63, 3.8) is 0 Å². The standard InChI is InChI=1S/C10H10F4N2O2/c11-8-2-1-6(9(15)17)3-7(8)4-16-18-5-10(12,13)14/h1-3,16H,4-5H2,(H2,15,17). The number of hydrogen-bond acceptors (Lipinski definition) is 3. The van der Waals surface area contributed by atoms with E-state index in [1.54, 1.807) is 0 Å². The first kappa shape index (κ1) is 14.4. The molecule has 1 rings (SSSR count). The Morgan fingerprint density at radius 2 is 2.06 bits per heavy atom. The fourth-order valence-corrected chi connectivity index (χ4v) is 1.13. The Morgan fingerprint density at radius 1 is 1.39 bits per heavy atom. The van der Waals surface area contributed by atoms with Gasteiger partial charge in [0.1, 0.15) is 5.82 Å². The minimum Gasteiger partial charge on any atom is -0.366 e. The van der Waals surface area contributed by atoms with Crippen LogP contribution < -0.4 is 11.2 Å². The first-order chi connectivity index (χ1) is 8.29. The third kappa shape index (κ3) is 4.68. The molecule has 4 nitrogen and oxygen atoms in total. The molecule has 0 fully saturated rings. The molecule has 0 bridgehead atoms. The number of primary amides is 1. The molecule has 0 unspecified atom stereocenters. The minimum absolute atomic E-state index is 0.0199. The predicted molar refractivity (Wildman–Crippen MR) is 53.8 cm³/mol. The molecule has 0 atom stereocenters. The number of carbonyl (C=O) groups is 1. The van der Waals surface area contributed by atoms with E-state index in [-0.39, 0.29) is 17.7 Å². The number of benzene rings is 1. The first-order valence-electron chi connectivity index (χ1n) is 4.79. The summed E-state index contributed by atoms with van der Waals surface area (Å²) in [5, 5.41) is 0. The van der Waals surface area contributed by atoms with Gasteiger partial charge in [0.05, 0.1) is 0 Å². The summed E-state index contributed by atoms with van der Waals surface area (Å²) in [6, 6.07) is 3.32. The van der Waals surface area contributed by atoms with Crippen LogP contribution >= 0.6 is 0 Å². The van der Waals surface area contributed by atoms with Gasteiger partial charge in [-0.3, -0.25) is 9.63 Å². The molecule has 3 N–H and O–H groups in total. The molecule has 8 heteroatoms. The van der Waals surface area contributed by atoms with Crippen LogP contribution in [-0.4, -0.2) is 18.7 Å². The number of amides is 1. The Morgan fingerprint density at radius 3 is 2.61 bits per heavy atom. The molecule has 0 spiro atoms. The summed E-state index contributed by atoms with van der Waals surface area (Å²) in [4.78, 5) is 14.9. The summed E-state index contributed by atoms with van der Waals surface area (Å²) in [5.74, 6) is -1.43. The Kier molecular flexibility index (Phi) is 4.62. The summed E-state index contributed by atoms with van der Waals surface area (Å²) in [6.45, 7) is -1.81. The van der Waals surface area contributed by atoms with Crippen LogP contribution in [0.2, 0.25) is 0 Å². The molecule has 0 radical (unpaired) electrons. The monoisotopic (exact) mass is 266 g/mol. The molecule has 0 aromatic heterocycles. The summed E-state index contributed by atoms with van der Waals surface area (Å²) in [7, 11) is 0. The Hall–Kier alpha value is -1.67. The second-order valence-corrected chi connectivity index (χ2v) is 3.40. The van der Waals surface area contributed by atoms with E-state index in [0.717, 1.165) is 12.1 Å². The minimum atomic E-state index is -4.47. The number of hydroxylamine groups is 1. The van der Waals surface area contributed by atoms with Crippen LogP contribution in [0.1, 0.15) is 15.9 Å². The maximum Gasteiger partial charge on any atom is 0.413 e. The van der Waals surface area contributed by atoms with Gasteiger partial charge in [0, 0.05) is 17.7 Å². The van der Waals surface area contributed by atoms with Crippen molar-refractivity contribution in [2.24, 2.45) is 5.73 Å². The lowest BCUT2D eigenvalue weighted by molar-refractivity contribution is -0.190. The fourth-order valence-electron chi connectivity index (χ4n) is 1.13. The van der Waals surface area contributed by atoms with Gasteiger partial charge in [0.25, 0.3) is 0 Å². The van der Waals surface area contributed by atoms with Crippen molar-refractivity contribution in [1.82, 2.24) is 5.48 Å². The van der Waals surface area contributed by atoms with Crippen molar-refractivity contribution in [3.05, 3.63) is 35.1 Å². The molecular weight excluding hydrogens is 256 g/mol. The van der Waals surface area contributed by atoms with Crippen LogP contribution in [0.5, 0.6) is 0 Å². The zero-order chi connectivity index (χ0) is 13.8. The van der Waals surface area contributed by atoms with Gasteiger partial charge >= 0.3 is 6.18 Å². The Balaban J connectivity index is 2.56. The van der Waals surface area contributed by atoms with E-state index in [1.807, 2.05) is 5.48 Å². The van der Waals surface area contributed by atoms with E-state index in [9.17, 15) is 22.4 Å². The molecule has 0 aliphatic rings. The third-order valence-electron chi connectivity index (χ3n) is 1.93. The lowest BCUT2D eigenvalue weighted by Crippen LogP contribution is -2.25. The van der Waals surface area contributed by atoms with Crippen LogP contribution in [0, 0.1) is 5.82 Å². The lowest BCUT2D eigenvalue weighted by Gasteiger charge is -2.09. The maximum absolute atomic E-state index is 13.2. The van der Waals surface area contributed by atoms with E-state index in [1.165, 1.54) is 6.07 Å². The molecule has 100 valence electrons. The number of carbonyl (C=O) groups excluding carboxylic acids is 1. The second kappa shape index (κ2) is 5.78. The normalized spacial score (nSPS) is 11.6. The first-order valence-corrected chi connectivity index (χ1v) is 4.79. The van der Waals surface area contributed by atoms with Crippen LogP contribution in [0.3, 0.4) is 0 Å².